The van der Waals surface area contributed by atoms with Crippen molar-refractivity contribution < 1.29 is 4.79 Å². The van der Waals surface area contributed by atoms with Crippen LogP contribution in [0.2, 0.25) is 0 Å². The van der Waals surface area contributed by atoms with Gasteiger partial charge in [0.25, 0.3) is 0 Å². The second-order valence-electron chi connectivity index (χ2n) is 6.10. The molecule has 1 atom stereocenters. The number of rotatable bonds is 4. The number of anilines is 1. The number of carbonyl (C=O) groups excluding carboxylic acids is 1. The second-order valence-corrected chi connectivity index (χ2v) is 6.10. The van der Waals surface area contributed by atoms with E-state index in [0.717, 1.165) is 36.7 Å². The molecule has 0 spiro atoms. The van der Waals surface area contributed by atoms with Crippen LogP contribution in [0.25, 0.3) is 0 Å². The summed E-state index contributed by atoms with van der Waals surface area (Å²) in [6.07, 6.45) is 7.99. The minimum absolute atomic E-state index is 0.0162. The number of carbonyl (C=O) groups is 1. The third kappa shape index (κ3) is 2.97. The van der Waals surface area contributed by atoms with Crippen molar-refractivity contribution in [2.24, 2.45) is 5.92 Å². The van der Waals surface area contributed by atoms with E-state index >= 15 is 0 Å². The van der Waals surface area contributed by atoms with Crippen molar-refractivity contribution >= 4 is 11.6 Å². The first-order valence-corrected chi connectivity index (χ1v) is 7.95. The monoisotopic (exact) mass is 272 g/mol. The Bertz CT molecular complexity index is 466. The molecule has 1 fully saturated rings. The number of fused-ring (bicyclic) bond motifs is 1. The average molecular weight is 272 g/mol. The summed E-state index contributed by atoms with van der Waals surface area (Å²) < 4.78 is 0. The Morgan fingerprint density at radius 2 is 2.00 bits per heavy atom. The van der Waals surface area contributed by atoms with Crippen molar-refractivity contribution in [3.63, 3.8) is 0 Å². The van der Waals surface area contributed by atoms with Gasteiger partial charge < -0.3 is 10.6 Å². The van der Waals surface area contributed by atoms with Gasteiger partial charge in [0, 0.05) is 18.8 Å². The summed E-state index contributed by atoms with van der Waals surface area (Å²) in [6.45, 7) is 1.57. The average Bonchev–Trinajstić information content (AvgIpc) is 2.92. The van der Waals surface area contributed by atoms with Gasteiger partial charge in [-0.15, -0.1) is 0 Å². The summed E-state index contributed by atoms with van der Waals surface area (Å²) in [5.74, 6) is 0.994. The Kier molecular flexibility index (Phi) is 4.24. The van der Waals surface area contributed by atoms with E-state index in [4.69, 9.17) is 0 Å². The molecule has 3 heteroatoms. The van der Waals surface area contributed by atoms with Gasteiger partial charge in [-0.05, 0) is 24.0 Å². The molecule has 1 aliphatic heterocycles. The number of hydrogen-bond acceptors (Lipinski definition) is 2. The van der Waals surface area contributed by atoms with E-state index in [2.05, 4.69) is 16.7 Å². The zero-order chi connectivity index (χ0) is 13.8. The van der Waals surface area contributed by atoms with Crippen LogP contribution >= 0.6 is 0 Å². The zero-order valence-electron chi connectivity index (χ0n) is 12.0. The highest BCUT2D eigenvalue weighted by atomic mass is 16.1. The number of hydrogen-bond donors (Lipinski definition) is 2. The van der Waals surface area contributed by atoms with E-state index in [1.807, 2.05) is 18.2 Å². The first-order valence-electron chi connectivity index (χ1n) is 7.95. The van der Waals surface area contributed by atoms with Gasteiger partial charge in [0.15, 0.2) is 0 Å². The summed E-state index contributed by atoms with van der Waals surface area (Å²) in [5, 5.41) is 6.44. The lowest BCUT2D eigenvalue weighted by Gasteiger charge is -2.21. The molecule has 2 N–H and O–H groups in total. The maximum Gasteiger partial charge on any atom is 0.229 e. The summed E-state index contributed by atoms with van der Waals surface area (Å²) in [6, 6.07) is 8.12. The molecule has 1 amide bonds. The molecule has 20 heavy (non-hydrogen) atoms. The molecule has 1 unspecified atom stereocenters. The Labute approximate surface area is 121 Å². The molecule has 1 saturated carbocycles. The number of nitrogens with one attached hydrogen (secondary N) is 2. The van der Waals surface area contributed by atoms with Gasteiger partial charge in [-0.25, -0.2) is 0 Å². The molecule has 0 saturated heterocycles. The predicted octanol–water partition coefficient (Wildman–Crippen LogP) is 3.28. The van der Waals surface area contributed by atoms with Crippen molar-refractivity contribution in [3.8, 4) is 0 Å². The smallest absolute Gasteiger partial charge is 0.229 e. The van der Waals surface area contributed by atoms with E-state index in [9.17, 15) is 4.79 Å². The lowest BCUT2D eigenvalue weighted by molar-refractivity contribution is -0.122. The van der Waals surface area contributed by atoms with Crippen LogP contribution in [0.1, 0.15) is 50.0 Å². The van der Waals surface area contributed by atoms with Crippen molar-refractivity contribution in [1.29, 1.82) is 0 Å². The fourth-order valence-electron chi connectivity index (χ4n) is 3.52. The van der Waals surface area contributed by atoms with Crippen LogP contribution in [0.3, 0.4) is 0 Å². The van der Waals surface area contributed by atoms with Crippen LogP contribution in [0, 0.1) is 5.92 Å². The van der Waals surface area contributed by atoms with Gasteiger partial charge in [0.05, 0.1) is 5.92 Å². The molecule has 108 valence electrons. The van der Waals surface area contributed by atoms with Gasteiger partial charge >= 0.3 is 0 Å². The fourth-order valence-corrected chi connectivity index (χ4v) is 3.52. The Hall–Kier alpha value is -1.51. The van der Waals surface area contributed by atoms with Gasteiger partial charge in [0.1, 0.15) is 0 Å². The maximum absolute atomic E-state index is 12.3. The van der Waals surface area contributed by atoms with Crippen LogP contribution in [0.4, 0.5) is 5.69 Å². The van der Waals surface area contributed by atoms with Crippen LogP contribution in [0.15, 0.2) is 24.3 Å². The summed E-state index contributed by atoms with van der Waals surface area (Å²) >= 11 is 0. The molecule has 3 nitrogen and oxygen atoms in total. The maximum atomic E-state index is 12.3. The fraction of sp³-hybridized carbons (Fsp3) is 0.588. The predicted molar refractivity (Wildman–Crippen MR) is 81.9 cm³/mol. The van der Waals surface area contributed by atoms with E-state index in [1.165, 1.54) is 32.1 Å². The summed E-state index contributed by atoms with van der Waals surface area (Å²) in [7, 11) is 0. The Morgan fingerprint density at radius 3 is 2.85 bits per heavy atom. The number of para-hydroxylation sites is 1. The molecule has 0 bridgehead atoms. The Morgan fingerprint density at radius 1 is 1.20 bits per heavy atom. The minimum Gasteiger partial charge on any atom is -0.384 e. The van der Waals surface area contributed by atoms with Gasteiger partial charge in [-0.1, -0.05) is 50.3 Å². The molecule has 3 rings (SSSR count). The first kappa shape index (κ1) is 13.5. The molecular weight excluding hydrogens is 248 g/mol. The lowest BCUT2D eigenvalue weighted by atomic mass is 9.87. The van der Waals surface area contributed by atoms with E-state index < -0.39 is 0 Å². The highest BCUT2D eigenvalue weighted by Gasteiger charge is 2.27. The molecular formula is C17H24N2O. The molecule has 1 aliphatic carbocycles. The van der Waals surface area contributed by atoms with Crippen LogP contribution in [-0.4, -0.2) is 19.0 Å². The zero-order valence-corrected chi connectivity index (χ0v) is 12.0. The van der Waals surface area contributed by atoms with E-state index in [0.29, 0.717) is 0 Å². The van der Waals surface area contributed by atoms with Crippen LogP contribution in [0.5, 0.6) is 0 Å². The Balaban J connectivity index is 1.48. The number of amides is 1. The van der Waals surface area contributed by atoms with E-state index in [-0.39, 0.29) is 11.8 Å². The van der Waals surface area contributed by atoms with Gasteiger partial charge in [-0.2, -0.15) is 0 Å². The SMILES string of the molecule is O=C(NCCC1CCCCC1)C1CNc2ccccc21. The minimum atomic E-state index is -0.0162. The molecule has 1 aromatic carbocycles. The molecule has 0 aromatic heterocycles. The topological polar surface area (TPSA) is 41.1 Å². The largest absolute Gasteiger partial charge is 0.384 e. The third-order valence-electron chi connectivity index (χ3n) is 4.73. The normalized spacial score (nSPS) is 22.1. The van der Waals surface area contributed by atoms with Crippen molar-refractivity contribution in [2.45, 2.75) is 44.4 Å². The van der Waals surface area contributed by atoms with Crippen molar-refractivity contribution in [3.05, 3.63) is 29.8 Å². The summed E-state index contributed by atoms with van der Waals surface area (Å²) in [5.41, 5.74) is 2.25. The van der Waals surface area contributed by atoms with Crippen molar-refractivity contribution in [1.82, 2.24) is 5.32 Å². The quantitative estimate of drug-likeness (QED) is 0.883. The second kappa shape index (κ2) is 6.29. The standard InChI is InChI=1S/C17H24N2O/c20-17(18-11-10-13-6-2-1-3-7-13)15-12-19-16-9-5-4-8-14(15)16/h4-5,8-9,13,15,19H,1-3,6-7,10-12H2,(H,18,20). The lowest BCUT2D eigenvalue weighted by Crippen LogP contribution is -2.32. The molecule has 1 aromatic rings. The summed E-state index contributed by atoms with van der Waals surface area (Å²) in [4.78, 5) is 12.3. The van der Waals surface area contributed by atoms with Crippen LogP contribution < -0.4 is 10.6 Å². The van der Waals surface area contributed by atoms with E-state index in [1.54, 1.807) is 0 Å². The number of benzene rings is 1. The van der Waals surface area contributed by atoms with Crippen LogP contribution in [-0.2, 0) is 4.79 Å². The highest BCUT2D eigenvalue weighted by molar-refractivity contribution is 5.88. The molecule has 0 radical (unpaired) electrons. The van der Waals surface area contributed by atoms with Gasteiger partial charge in [-0.3, -0.25) is 4.79 Å². The molecule has 1 heterocycles. The third-order valence-corrected chi connectivity index (χ3v) is 4.73. The first-order chi connectivity index (χ1) is 9.84. The highest BCUT2D eigenvalue weighted by Crippen LogP contribution is 2.31. The molecule has 2 aliphatic rings. The van der Waals surface area contributed by atoms with Gasteiger partial charge in [0.2, 0.25) is 5.91 Å². The van der Waals surface area contributed by atoms with Crippen molar-refractivity contribution in [2.75, 3.05) is 18.4 Å².